The van der Waals surface area contributed by atoms with Crippen LogP contribution in [0.1, 0.15) is 18.4 Å². The Balaban J connectivity index is 1.99. The average molecular weight is 230 g/mol. The standard InChI is InChI=1S/C15H18O2/c1-12-8-9-14(10-15(12)16-2)17-11-13-6-4-3-5-7-13/h4,6-10H,3,5,11H2,1-2H3. The quantitative estimate of drug-likeness (QED) is 0.786. The van der Waals surface area contributed by atoms with Crippen LogP contribution in [0.5, 0.6) is 11.5 Å². The van der Waals surface area contributed by atoms with E-state index in [4.69, 9.17) is 9.47 Å². The molecule has 2 nitrogen and oxygen atoms in total. The second kappa shape index (κ2) is 5.58. The lowest BCUT2D eigenvalue weighted by Gasteiger charge is -2.11. The summed E-state index contributed by atoms with van der Waals surface area (Å²) in [6, 6.07) is 5.92. The van der Waals surface area contributed by atoms with Crippen LogP contribution < -0.4 is 9.47 Å². The summed E-state index contributed by atoms with van der Waals surface area (Å²) in [6.45, 7) is 2.65. The number of methoxy groups -OCH3 is 1. The van der Waals surface area contributed by atoms with E-state index in [-0.39, 0.29) is 0 Å². The summed E-state index contributed by atoms with van der Waals surface area (Å²) < 4.78 is 11.0. The van der Waals surface area contributed by atoms with Gasteiger partial charge in [0.05, 0.1) is 7.11 Å². The Bertz CT molecular complexity index is 444. The van der Waals surface area contributed by atoms with E-state index >= 15 is 0 Å². The Kier molecular flexibility index (Phi) is 3.86. The average Bonchev–Trinajstić information content (AvgIpc) is 2.39. The summed E-state index contributed by atoms with van der Waals surface area (Å²) >= 11 is 0. The first-order valence-electron chi connectivity index (χ1n) is 5.92. The first-order chi connectivity index (χ1) is 8.29. The van der Waals surface area contributed by atoms with Crippen LogP contribution >= 0.6 is 0 Å². The van der Waals surface area contributed by atoms with Crippen molar-refractivity contribution in [1.29, 1.82) is 0 Å². The van der Waals surface area contributed by atoms with E-state index in [9.17, 15) is 0 Å². The molecule has 1 aromatic carbocycles. The maximum absolute atomic E-state index is 5.74. The fourth-order valence-electron chi connectivity index (χ4n) is 1.83. The van der Waals surface area contributed by atoms with Crippen LogP contribution in [0.3, 0.4) is 0 Å². The predicted octanol–water partition coefficient (Wildman–Crippen LogP) is 3.66. The van der Waals surface area contributed by atoms with Crippen molar-refractivity contribution in [3.8, 4) is 11.5 Å². The number of aryl methyl sites for hydroxylation is 1. The summed E-state index contributed by atoms with van der Waals surface area (Å²) in [6.07, 6.45) is 8.81. The molecule has 0 radical (unpaired) electrons. The molecule has 2 rings (SSSR count). The van der Waals surface area contributed by atoms with Crippen LogP contribution in [0.2, 0.25) is 0 Å². The first kappa shape index (κ1) is 11.8. The minimum absolute atomic E-state index is 0.628. The molecule has 0 fully saturated rings. The van der Waals surface area contributed by atoms with Gasteiger partial charge in [-0.1, -0.05) is 24.3 Å². The number of benzene rings is 1. The molecule has 0 aliphatic heterocycles. The highest BCUT2D eigenvalue weighted by atomic mass is 16.5. The van der Waals surface area contributed by atoms with Crippen LogP contribution in [-0.4, -0.2) is 13.7 Å². The van der Waals surface area contributed by atoms with Gasteiger partial charge in [0, 0.05) is 6.07 Å². The smallest absolute Gasteiger partial charge is 0.125 e. The van der Waals surface area contributed by atoms with E-state index in [1.807, 2.05) is 25.1 Å². The van der Waals surface area contributed by atoms with E-state index < -0.39 is 0 Å². The molecular weight excluding hydrogens is 212 g/mol. The molecule has 0 N–H and O–H groups in total. The fraction of sp³-hybridized carbons (Fsp3) is 0.333. The molecule has 1 aliphatic rings. The van der Waals surface area contributed by atoms with E-state index in [2.05, 4.69) is 18.2 Å². The number of rotatable bonds is 4. The monoisotopic (exact) mass is 230 g/mol. The third-order valence-corrected chi connectivity index (χ3v) is 2.86. The zero-order valence-corrected chi connectivity index (χ0v) is 10.4. The van der Waals surface area contributed by atoms with Crippen molar-refractivity contribution in [2.24, 2.45) is 0 Å². The van der Waals surface area contributed by atoms with Crippen molar-refractivity contribution in [2.45, 2.75) is 19.8 Å². The molecule has 0 atom stereocenters. The molecule has 1 aromatic rings. The van der Waals surface area contributed by atoms with Crippen LogP contribution in [0.25, 0.3) is 0 Å². The van der Waals surface area contributed by atoms with Gasteiger partial charge >= 0.3 is 0 Å². The molecular formula is C15H18O2. The Morgan fingerprint density at radius 1 is 1.24 bits per heavy atom. The third-order valence-electron chi connectivity index (χ3n) is 2.86. The summed E-state index contributed by atoms with van der Waals surface area (Å²) in [4.78, 5) is 0. The van der Waals surface area contributed by atoms with Crippen LogP contribution in [0, 0.1) is 6.92 Å². The summed E-state index contributed by atoms with van der Waals surface area (Å²) in [7, 11) is 1.68. The largest absolute Gasteiger partial charge is 0.496 e. The molecule has 90 valence electrons. The lowest BCUT2D eigenvalue weighted by Crippen LogP contribution is -2.01. The Morgan fingerprint density at radius 3 is 2.82 bits per heavy atom. The molecule has 0 spiro atoms. The minimum atomic E-state index is 0.628. The molecule has 0 saturated carbocycles. The van der Waals surface area contributed by atoms with Gasteiger partial charge in [-0.15, -0.1) is 0 Å². The molecule has 2 heteroatoms. The molecule has 1 aliphatic carbocycles. The van der Waals surface area contributed by atoms with Crippen molar-refractivity contribution in [3.63, 3.8) is 0 Å². The van der Waals surface area contributed by atoms with Gasteiger partial charge in [-0.3, -0.25) is 0 Å². The van der Waals surface area contributed by atoms with E-state index in [0.717, 1.165) is 29.9 Å². The number of hydrogen-bond donors (Lipinski definition) is 0. The van der Waals surface area contributed by atoms with Crippen molar-refractivity contribution in [2.75, 3.05) is 13.7 Å². The second-order valence-corrected chi connectivity index (χ2v) is 4.18. The SMILES string of the molecule is COc1cc(OCC2=CCCC=C2)ccc1C. The van der Waals surface area contributed by atoms with Crippen molar-refractivity contribution < 1.29 is 9.47 Å². The highest BCUT2D eigenvalue weighted by molar-refractivity contribution is 5.40. The summed E-state index contributed by atoms with van der Waals surface area (Å²) in [5, 5.41) is 0. The Hall–Kier alpha value is -1.70. The summed E-state index contributed by atoms with van der Waals surface area (Å²) in [5.74, 6) is 1.72. The topological polar surface area (TPSA) is 18.5 Å². The Labute approximate surface area is 103 Å². The summed E-state index contributed by atoms with van der Waals surface area (Å²) in [5.41, 5.74) is 2.37. The maximum Gasteiger partial charge on any atom is 0.125 e. The van der Waals surface area contributed by atoms with Gasteiger partial charge in [-0.2, -0.15) is 0 Å². The highest BCUT2D eigenvalue weighted by Gasteiger charge is 2.03. The van der Waals surface area contributed by atoms with Gasteiger partial charge in [0.1, 0.15) is 18.1 Å². The van der Waals surface area contributed by atoms with E-state index in [0.29, 0.717) is 6.61 Å². The number of ether oxygens (including phenoxy) is 2. The number of allylic oxidation sites excluding steroid dienone is 2. The van der Waals surface area contributed by atoms with Crippen molar-refractivity contribution >= 4 is 0 Å². The Morgan fingerprint density at radius 2 is 2.12 bits per heavy atom. The van der Waals surface area contributed by atoms with Crippen LogP contribution in [-0.2, 0) is 0 Å². The van der Waals surface area contributed by atoms with Gasteiger partial charge in [-0.05, 0) is 37.0 Å². The molecule has 0 heterocycles. The van der Waals surface area contributed by atoms with Crippen LogP contribution in [0.4, 0.5) is 0 Å². The van der Waals surface area contributed by atoms with Crippen molar-refractivity contribution in [3.05, 3.63) is 47.6 Å². The zero-order valence-electron chi connectivity index (χ0n) is 10.4. The first-order valence-corrected chi connectivity index (χ1v) is 5.92. The molecule has 0 amide bonds. The van der Waals surface area contributed by atoms with Gasteiger partial charge in [0.25, 0.3) is 0 Å². The van der Waals surface area contributed by atoms with Crippen molar-refractivity contribution in [1.82, 2.24) is 0 Å². The minimum Gasteiger partial charge on any atom is -0.496 e. The van der Waals surface area contributed by atoms with Gasteiger partial charge in [-0.25, -0.2) is 0 Å². The normalized spacial score (nSPS) is 14.4. The fourth-order valence-corrected chi connectivity index (χ4v) is 1.83. The van der Waals surface area contributed by atoms with E-state index in [1.54, 1.807) is 7.11 Å². The maximum atomic E-state index is 5.74. The molecule has 0 saturated heterocycles. The van der Waals surface area contributed by atoms with Gasteiger partial charge < -0.3 is 9.47 Å². The van der Waals surface area contributed by atoms with E-state index in [1.165, 1.54) is 5.57 Å². The third kappa shape index (κ3) is 3.13. The number of hydrogen-bond acceptors (Lipinski definition) is 2. The lowest BCUT2D eigenvalue weighted by atomic mass is 10.1. The van der Waals surface area contributed by atoms with Gasteiger partial charge in [0.15, 0.2) is 0 Å². The van der Waals surface area contributed by atoms with Crippen LogP contribution in [0.15, 0.2) is 42.0 Å². The molecule has 17 heavy (non-hydrogen) atoms. The molecule has 0 aromatic heterocycles. The highest BCUT2D eigenvalue weighted by Crippen LogP contribution is 2.24. The second-order valence-electron chi connectivity index (χ2n) is 4.18. The molecule has 0 bridgehead atoms. The lowest BCUT2D eigenvalue weighted by molar-refractivity contribution is 0.349. The molecule has 0 unspecified atom stereocenters. The van der Waals surface area contributed by atoms with Gasteiger partial charge in [0.2, 0.25) is 0 Å². The predicted molar refractivity (Wildman–Crippen MR) is 69.7 cm³/mol. The zero-order chi connectivity index (χ0) is 12.1.